The van der Waals surface area contributed by atoms with E-state index in [0.29, 0.717) is 0 Å². The van der Waals surface area contributed by atoms with Crippen molar-refractivity contribution < 1.29 is 9.53 Å². The van der Waals surface area contributed by atoms with Gasteiger partial charge in [-0.05, 0) is 6.92 Å². The lowest BCUT2D eigenvalue weighted by atomic mass is 10.4. The van der Waals surface area contributed by atoms with Crippen LogP contribution in [0.15, 0.2) is 0 Å². The van der Waals surface area contributed by atoms with Gasteiger partial charge in [0.2, 0.25) is 0 Å². The van der Waals surface area contributed by atoms with Crippen LogP contribution in [0.3, 0.4) is 0 Å². The second-order valence-corrected chi connectivity index (χ2v) is 2.11. The molecule has 0 unspecified atom stereocenters. The van der Waals surface area contributed by atoms with Gasteiger partial charge in [0.25, 0.3) is 5.91 Å². The van der Waals surface area contributed by atoms with Crippen LogP contribution in [0.25, 0.3) is 0 Å². The van der Waals surface area contributed by atoms with Gasteiger partial charge in [0.1, 0.15) is 6.10 Å². The highest BCUT2D eigenvalue weighted by atomic mass is 16.5. The summed E-state index contributed by atoms with van der Waals surface area (Å²) < 4.78 is 4.78. The molecule has 0 bridgehead atoms. The maximum Gasteiger partial charge on any atom is 0.250 e. The molecule has 1 atom stereocenters. The molecule has 0 fully saturated rings. The van der Waals surface area contributed by atoms with E-state index in [1.54, 1.807) is 21.0 Å². The van der Waals surface area contributed by atoms with Gasteiger partial charge in [-0.25, -0.2) is 0 Å². The largest absolute Gasteiger partial charge is 0.372 e. The fourth-order valence-corrected chi connectivity index (χ4v) is 0.464. The number of hydrogen-bond donors (Lipinski definition) is 0. The lowest BCUT2D eigenvalue weighted by Gasteiger charge is -2.14. The third-order valence-corrected chi connectivity index (χ3v) is 1.14. The second-order valence-electron chi connectivity index (χ2n) is 2.11. The number of carbonyl (C=O) groups excluding carboxylic acids is 1. The first kappa shape index (κ1) is 13.1. The van der Waals surface area contributed by atoms with Crippen molar-refractivity contribution in [3.05, 3.63) is 0 Å². The minimum atomic E-state index is -0.319. The van der Waals surface area contributed by atoms with Crippen LogP contribution >= 0.6 is 0 Å². The molecule has 0 radical (unpaired) electrons. The molecule has 1 amide bonds. The highest BCUT2D eigenvalue weighted by Crippen LogP contribution is 1.91. The van der Waals surface area contributed by atoms with Crippen LogP contribution in [0.2, 0.25) is 0 Å². The number of amides is 1. The summed E-state index contributed by atoms with van der Waals surface area (Å²) >= 11 is 0. The maximum absolute atomic E-state index is 10.9. The van der Waals surface area contributed by atoms with Gasteiger partial charge in [0.05, 0.1) is 0 Å². The number of ether oxygens (including phenoxy) is 1. The Hall–Kier alpha value is -0.570. The molecule has 0 aliphatic heterocycles. The van der Waals surface area contributed by atoms with Crippen LogP contribution < -0.4 is 0 Å². The lowest BCUT2D eigenvalue weighted by molar-refractivity contribution is -0.138. The number of nitrogens with zero attached hydrogens (tertiary/aromatic N) is 1. The zero-order valence-electron chi connectivity index (χ0n) is 8.34. The number of methoxy groups -OCH3 is 1. The van der Waals surface area contributed by atoms with Gasteiger partial charge in [-0.1, -0.05) is 13.8 Å². The van der Waals surface area contributed by atoms with Crippen molar-refractivity contribution in [3.8, 4) is 0 Å². The van der Waals surface area contributed by atoms with Gasteiger partial charge < -0.3 is 9.64 Å². The van der Waals surface area contributed by atoms with Crippen molar-refractivity contribution in [2.75, 3.05) is 21.2 Å². The van der Waals surface area contributed by atoms with E-state index in [-0.39, 0.29) is 12.0 Å². The average Bonchev–Trinajstić information content (AvgIpc) is 2.05. The Bertz CT molecular complexity index is 102. The summed E-state index contributed by atoms with van der Waals surface area (Å²) in [5.41, 5.74) is 0. The molecule has 0 aromatic carbocycles. The molecule has 0 aliphatic rings. The summed E-state index contributed by atoms with van der Waals surface area (Å²) in [4.78, 5) is 12.4. The molecule has 0 rings (SSSR count). The van der Waals surface area contributed by atoms with Crippen LogP contribution in [-0.2, 0) is 9.53 Å². The normalized spacial score (nSPS) is 11.1. The third kappa shape index (κ3) is 5.85. The first-order valence-electron chi connectivity index (χ1n) is 3.83. The lowest BCUT2D eigenvalue weighted by Crippen LogP contribution is -2.32. The Balaban J connectivity index is 0. The van der Waals surface area contributed by atoms with Crippen LogP contribution in [0.5, 0.6) is 0 Å². The van der Waals surface area contributed by atoms with E-state index in [0.717, 1.165) is 0 Å². The molecule has 11 heavy (non-hydrogen) atoms. The molecule has 0 aromatic heterocycles. The van der Waals surface area contributed by atoms with E-state index < -0.39 is 0 Å². The molecule has 0 saturated carbocycles. The van der Waals surface area contributed by atoms with Gasteiger partial charge in [-0.15, -0.1) is 0 Å². The van der Waals surface area contributed by atoms with E-state index in [9.17, 15) is 4.79 Å². The molecule has 3 nitrogen and oxygen atoms in total. The van der Waals surface area contributed by atoms with Gasteiger partial charge >= 0.3 is 0 Å². The molecule has 0 heterocycles. The summed E-state index contributed by atoms with van der Waals surface area (Å²) in [6, 6.07) is 0. The monoisotopic (exact) mass is 161 g/mol. The fourth-order valence-electron chi connectivity index (χ4n) is 0.464. The predicted octanol–water partition coefficient (Wildman–Crippen LogP) is 1.14. The molecular weight excluding hydrogens is 142 g/mol. The predicted molar refractivity (Wildman–Crippen MR) is 46.5 cm³/mol. The smallest absolute Gasteiger partial charge is 0.250 e. The first-order valence-corrected chi connectivity index (χ1v) is 3.83. The molecule has 0 aromatic rings. The average molecular weight is 161 g/mol. The SMILES string of the molecule is CC.CO[C@H](C)C(=O)N(C)C. The minimum absolute atomic E-state index is 0.00231. The Labute approximate surface area is 69.3 Å². The van der Waals surface area contributed by atoms with E-state index in [1.165, 1.54) is 12.0 Å². The number of hydrogen-bond acceptors (Lipinski definition) is 2. The van der Waals surface area contributed by atoms with Gasteiger partial charge in [0.15, 0.2) is 0 Å². The fraction of sp³-hybridized carbons (Fsp3) is 0.875. The molecular formula is C8H19NO2. The Kier molecular flexibility index (Phi) is 8.94. The number of rotatable bonds is 2. The topological polar surface area (TPSA) is 29.5 Å². The van der Waals surface area contributed by atoms with Crippen molar-refractivity contribution in [1.82, 2.24) is 4.90 Å². The van der Waals surface area contributed by atoms with Crippen molar-refractivity contribution in [3.63, 3.8) is 0 Å². The van der Waals surface area contributed by atoms with E-state index in [4.69, 9.17) is 4.74 Å². The van der Waals surface area contributed by atoms with Crippen LogP contribution in [0.4, 0.5) is 0 Å². The quantitative estimate of drug-likeness (QED) is 0.607. The van der Waals surface area contributed by atoms with Crippen molar-refractivity contribution in [2.45, 2.75) is 26.9 Å². The molecule has 0 spiro atoms. The first-order chi connectivity index (χ1) is 5.09. The van der Waals surface area contributed by atoms with Crippen molar-refractivity contribution >= 4 is 5.91 Å². The van der Waals surface area contributed by atoms with Crippen LogP contribution in [0, 0.1) is 0 Å². The molecule has 0 aliphatic carbocycles. The maximum atomic E-state index is 10.9. The molecule has 0 saturated heterocycles. The van der Waals surface area contributed by atoms with Crippen LogP contribution in [0.1, 0.15) is 20.8 Å². The standard InChI is InChI=1S/C6H13NO2.C2H6/c1-5(9-4)6(8)7(2)3;1-2/h5H,1-4H3;1-2H3/t5-;/m1./s1. The Morgan fingerprint density at radius 2 is 1.73 bits per heavy atom. The van der Waals surface area contributed by atoms with Crippen molar-refractivity contribution in [1.29, 1.82) is 0 Å². The Morgan fingerprint density at radius 1 is 1.36 bits per heavy atom. The number of likely N-dealkylation sites (N-methyl/N-ethyl adjacent to an activating group) is 1. The van der Waals surface area contributed by atoms with Gasteiger partial charge in [-0.3, -0.25) is 4.79 Å². The zero-order chi connectivity index (χ0) is 9.44. The highest BCUT2D eigenvalue weighted by molar-refractivity contribution is 5.79. The summed E-state index contributed by atoms with van der Waals surface area (Å²) in [6.45, 7) is 5.72. The summed E-state index contributed by atoms with van der Waals surface area (Å²) in [5.74, 6) is -0.00231. The summed E-state index contributed by atoms with van der Waals surface area (Å²) in [5, 5.41) is 0. The van der Waals surface area contributed by atoms with E-state index in [1.807, 2.05) is 13.8 Å². The van der Waals surface area contributed by atoms with E-state index in [2.05, 4.69) is 0 Å². The van der Waals surface area contributed by atoms with Gasteiger partial charge in [0, 0.05) is 21.2 Å². The molecule has 3 heteroatoms. The third-order valence-electron chi connectivity index (χ3n) is 1.14. The Morgan fingerprint density at radius 3 is 1.82 bits per heavy atom. The second kappa shape index (κ2) is 7.54. The summed E-state index contributed by atoms with van der Waals surface area (Å²) in [7, 11) is 4.93. The van der Waals surface area contributed by atoms with Crippen LogP contribution in [-0.4, -0.2) is 38.1 Å². The van der Waals surface area contributed by atoms with Crippen molar-refractivity contribution in [2.24, 2.45) is 0 Å². The minimum Gasteiger partial charge on any atom is -0.372 e. The summed E-state index contributed by atoms with van der Waals surface area (Å²) in [6.07, 6.45) is -0.319. The van der Waals surface area contributed by atoms with E-state index >= 15 is 0 Å². The van der Waals surface area contributed by atoms with Gasteiger partial charge in [-0.2, -0.15) is 0 Å². The zero-order valence-corrected chi connectivity index (χ0v) is 8.34. The number of carbonyl (C=O) groups is 1. The molecule has 68 valence electrons. The molecule has 0 N–H and O–H groups in total. The highest BCUT2D eigenvalue weighted by Gasteiger charge is 2.12.